The van der Waals surface area contributed by atoms with Gasteiger partial charge in [-0.25, -0.2) is 0 Å². The number of aliphatic hydroxyl groups excluding tert-OH is 2. The molecular weight excluding hydrogens is 208 g/mol. The van der Waals surface area contributed by atoms with Gasteiger partial charge in [-0.2, -0.15) is 0 Å². The predicted molar refractivity (Wildman–Crippen MR) is 60.5 cm³/mol. The average molecular weight is 226 g/mol. The van der Waals surface area contributed by atoms with Gasteiger partial charge in [0.2, 0.25) is 0 Å². The van der Waals surface area contributed by atoms with Crippen LogP contribution in [0.25, 0.3) is 0 Å². The SMILES string of the molecule is CCC(CC(O)CO)c1cccc(O)c1O. The molecule has 0 aliphatic rings. The molecule has 16 heavy (non-hydrogen) atoms. The smallest absolute Gasteiger partial charge is 0.160 e. The fourth-order valence-corrected chi connectivity index (χ4v) is 1.79. The molecule has 2 atom stereocenters. The zero-order valence-electron chi connectivity index (χ0n) is 9.30. The highest BCUT2D eigenvalue weighted by molar-refractivity contribution is 5.46. The highest BCUT2D eigenvalue weighted by Gasteiger charge is 2.18. The normalized spacial score (nSPS) is 14.7. The van der Waals surface area contributed by atoms with Gasteiger partial charge >= 0.3 is 0 Å². The second-order valence-corrected chi connectivity index (χ2v) is 3.89. The number of rotatable bonds is 5. The number of aromatic hydroxyl groups is 2. The van der Waals surface area contributed by atoms with Gasteiger partial charge in [0.1, 0.15) is 0 Å². The molecule has 4 heteroatoms. The number of hydrogen-bond donors (Lipinski definition) is 4. The Balaban J connectivity index is 2.90. The van der Waals surface area contributed by atoms with Gasteiger partial charge in [0.25, 0.3) is 0 Å². The topological polar surface area (TPSA) is 80.9 Å². The molecule has 0 fully saturated rings. The van der Waals surface area contributed by atoms with Crippen LogP contribution in [0, 0.1) is 0 Å². The molecule has 0 saturated heterocycles. The van der Waals surface area contributed by atoms with Crippen LogP contribution in [0.1, 0.15) is 31.2 Å². The first-order valence-corrected chi connectivity index (χ1v) is 5.39. The molecule has 0 aromatic heterocycles. The van der Waals surface area contributed by atoms with E-state index in [-0.39, 0.29) is 24.0 Å². The lowest BCUT2D eigenvalue weighted by molar-refractivity contribution is 0.0815. The third kappa shape index (κ3) is 2.87. The van der Waals surface area contributed by atoms with Gasteiger partial charge in [-0.05, 0) is 24.8 Å². The van der Waals surface area contributed by atoms with Crippen LogP contribution in [0.15, 0.2) is 18.2 Å². The van der Waals surface area contributed by atoms with E-state index in [0.717, 1.165) is 0 Å². The molecule has 0 saturated carbocycles. The first kappa shape index (κ1) is 12.8. The largest absolute Gasteiger partial charge is 0.504 e. The highest BCUT2D eigenvalue weighted by atomic mass is 16.3. The molecule has 4 N–H and O–H groups in total. The van der Waals surface area contributed by atoms with E-state index < -0.39 is 6.10 Å². The Hall–Kier alpha value is -1.26. The summed E-state index contributed by atoms with van der Waals surface area (Å²) in [6, 6.07) is 4.78. The molecule has 2 unspecified atom stereocenters. The summed E-state index contributed by atoms with van der Waals surface area (Å²) >= 11 is 0. The fourth-order valence-electron chi connectivity index (χ4n) is 1.79. The molecule has 90 valence electrons. The van der Waals surface area contributed by atoms with Gasteiger partial charge in [-0.3, -0.25) is 0 Å². The van der Waals surface area contributed by atoms with Crippen molar-refractivity contribution in [1.82, 2.24) is 0 Å². The Bertz CT molecular complexity index is 338. The van der Waals surface area contributed by atoms with Crippen LogP contribution >= 0.6 is 0 Å². The molecule has 1 aromatic rings. The van der Waals surface area contributed by atoms with Gasteiger partial charge in [-0.1, -0.05) is 19.1 Å². The molecule has 0 bridgehead atoms. The summed E-state index contributed by atoms with van der Waals surface area (Å²) in [4.78, 5) is 0. The maximum atomic E-state index is 9.69. The number of para-hydroxylation sites is 1. The van der Waals surface area contributed by atoms with Crippen molar-refractivity contribution in [1.29, 1.82) is 0 Å². The second-order valence-electron chi connectivity index (χ2n) is 3.89. The third-order valence-corrected chi connectivity index (χ3v) is 2.75. The molecule has 1 aromatic carbocycles. The van der Waals surface area contributed by atoms with Crippen molar-refractivity contribution in [2.24, 2.45) is 0 Å². The van der Waals surface area contributed by atoms with Crippen LogP contribution < -0.4 is 0 Å². The predicted octanol–water partition coefficient (Wildman–Crippen LogP) is 1.33. The summed E-state index contributed by atoms with van der Waals surface area (Å²) in [6.07, 6.45) is 0.282. The zero-order chi connectivity index (χ0) is 12.1. The first-order chi connectivity index (χ1) is 7.60. The van der Waals surface area contributed by atoms with E-state index in [2.05, 4.69) is 0 Å². The number of phenols is 2. The van der Waals surface area contributed by atoms with Crippen LogP contribution in [-0.4, -0.2) is 33.1 Å². The summed E-state index contributed by atoms with van der Waals surface area (Å²) in [5, 5.41) is 37.2. The van der Waals surface area contributed by atoms with Gasteiger partial charge in [0.05, 0.1) is 12.7 Å². The zero-order valence-corrected chi connectivity index (χ0v) is 9.30. The van der Waals surface area contributed by atoms with Crippen molar-refractivity contribution in [2.75, 3.05) is 6.61 Å². The number of phenolic OH excluding ortho intramolecular Hbond substituents is 2. The Morgan fingerprint density at radius 3 is 2.50 bits per heavy atom. The molecule has 0 radical (unpaired) electrons. The molecule has 0 heterocycles. The molecule has 0 aliphatic carbocycles. The quantitative estimate of drug-likeness (QED) is 0.571. The maximum absolute atomic E-state index is 9.69. The monoisotopic (exact) mass is 226 g/mol. The number of aliphatic hydroxyl groups is 2. The van der Waals surface area contributed by atoms with E-state index >= 15 is 0 Å². The van der Waals surface area contributed by atoms with E-state index in [4.69, 9.17) is 5.11 Å². The number of hydrogen-bond acceptors (Lipinski definition) is 4. The molecule has 0 spiro atoms. The standard InChI is InChI=1S/C12H18O4/c1-2-8(6-9(14)7-13)10-4-3-5-11(15)12(10)16/h3-5,8-9,13-16H,2,6-7H2,1H3. The molecule has 0 aliphatic heterocycles. The lowest BCUT2D eigenvalue weighted by Gasteiger charge is -2.19. The van der Waals surface area contributed by atoms with Crippen molar-refractivity contribution in [3.8, 4) is 11.5 Å². The molecular formula is C12H18O4. The average Bonchev–Trinajstić information content (AvgIpc) is 2.29. The van der Waals surface area contributed by atoms with Crippen LogP contribution in [0.2, 0.25) is 0 Å². The second kappa shape index (κ2) is 5.72. The van der Waals surface area contributed by atoms with E-state index in [0.29, 0.717) is 18.4 Å². The van der Waals surface area contributed by atoms with E-state index in [1.54, 1.807) is 12.1 Å². The van der Waals surface area contributed by atoms with E-state index in [9.17, 15) is 15.3 Å². The van der Waals surface area contributed by atoms with Gasteiger partial charge in [0.15, 0.2) is 11.5 Å². The molecule has 4 nitrogen and oxygen atoms in total. The van der Waals surface area contributed by atoms with Gasteiger partial charge < -0.3 is 20.4 Å². The lowest BCUT2D eigenvalue weighted by Crippen LogP contribution is -2.16. The van der Waals surface area contributed by atoms with E-state index in [1.165, 1.54) is 6.07 Å². The van der Waals surface area contributed by atoms with Crippen molar-refractivity contribution in [2.45, 2.75) is 31.8 Å². The summed E-state index contributed by atoms with van der Waals surface area (Å²) in [5.74, 6) is -0.372. The Morgan fingerprint density at radius 1 is 1.25 bits per heavy atom. The fraction of sp³-hybridized carbons (Fsp3) is 0.500. The van der Waals surface area contributed by atoms with Crippen molar-refractivity contribution in [3.63, 3.8) is 0 Å². The van der Waals surface area contributed by atoms with Crippen molar-refractivity contribution in [3.05, 3.63) is 23.8 Å². The minimum absolute atomic E-state index is 0.0748. The maximum Gasteiger partial charge on any atom is 0.160 e. The van der Waals surface area contributed by atoms with Crippen LogP contribution in [0.5, 0.6) is 11.5 Å². The van der Waals surface area contributed by atoms with Gasteiger partial charge in [0, 0.05) is 5.56 Å². The van der Waals surface area contributed by atoms with E-state index in [1.807, 2.05) is 6.92 Å². The minimum Gasteiger partial charge on any atom is -0.504 e. The lowest BCUT2D eigenvalue weighted by atomic mass is 9.90. The van der Waals surface area contributed by atoms with Crippen LogP contribution in [0.3, 0.4) is 0 Å². The van der Waals surface area contributed by atoms with Crippen LogP contribution in [0.4, 0.5) is 0 Å². The Kier molecular flexibility index (Phi) is 4.58. The summed E-state index contributed by atoms with van der Waals surface area (Å²) < 4.78 is 0. The summed E-state index contributed by atoms with van der Waals surface area (Å²) in [5.41, 5.74) is 0.606. The third-order valence-electron chi connectivity index (χ3n) is 2.75. The van der Waals surface area contributed by atoms with Crippen molar-refractivity contribution >= 4 is 0 Å². The highest BCUT2D eigenvalue weighted by Crippen LogP contribution is 2.36. The van der Waals surface area contributed by atoms with Gasteiger partial charge in [-0.15, -0.1) is 0 Å². The summed E-state index contributed by atoms with van der Waals surface area (Å²) in [7, 11) is 0. The number of benzene rings is 1. The minimum atomic E-state index is -0.799. The van der Waals surface area contributed by atoms with Crippen molar-refractivity contribution < 1.29 is 20.4 Å². The molecule has 1 rings (SSSR count). The summed E-state index contributed by atoms with van der Waals surface area (Å²) in [6.45, 7) is 1.63. The Morgan fingerprint density at radius 2 is 1.94 bits per heavy atom. The molecule has 0 amide bonds. The first-order valence-electron chi connectivity index (χ1n) is 5.39. The van der Waals surface area contributed by atoms with Crippen LogP contribution in [-0.2, 0) is 0 Å². The Labute approximate surface area is 94.8 Å².